The highest BCUT2D eigenvalue weighted by Gasteiger charge is 2.17. The number of hydrogen-bond acceptors (Lipinski definition) is 0. The fourth-order valence-corrected chi connectivity index (χ4v) is 8.67. The molecule has 53 heavy (non-hydrogen) atoms. The van der Waals surface area contributed by atoms with Gasteiger partial charge in [-0.15, -0.1) is 0 Å². The average Bonchev–Trinajstić information content (AvgIpc) is 3.58. The van der Waals surface area contributed by atoms with Crippen LogP contribution in [0.4, 0.5) is 0 Å². The molecule has 0 bridgehead atoms. The van der Waals surface area contributed by atoms with Crippen molar-refractivity contribution >= 4 is 64.9 Å². The lowest BCUT2D eigenvalue weighted by Crippen LogP contribution is -1.91. The molecule has 0 spiro atoms. The molecule has 1 nitrogen and oxygen atoms in total. The Kier molecular flexibility index (Phi) is 6.62. The van der Waals surface area contributed by atoms with Gasteiger partial charge in [-0.1, -0.05) is 170 Å². The quantitative estimate of drug-likeness (QED) is 0.179. The van der Waals surface area contributed by atoms with E-state index in [-0.39, 0.29) is 0 Å². The molecule has 0 atom stereocenters. The van der Waals surface area contributed by atoms with Gasteiger partial charge in [-0.25, -0.2) is 0 Å². The maximum absolute atomic E-state index is 3.72. The molecular formula is C52H33N. The van der Waals surface area contributed by atoms with Crippen molar-refractivity contribution in [1.29, 1.82) is 0 Å². The Hall–Kier alpha value is -6.96. The largest absolute Gasteiger partial charge is 0.354 e. The van der Waals surface area contributed by atoms with Gasteiger partial charge in [0.25, 0.3) is 0 Å². The zero-order valence-corrected chi connectivity index (χ0v) is 29.0. The van der Waals surface area contributed by atoms with E-state index in [0.717, 1.165) is 5.52 Å². The van der Waals surface area contributed by atoms with Gasteiger partial charge in [0.1, 0.15) is 0 Å². The molecule has 1 N–H and O–H groups in total. The number of fused-ring (bicyclic) bond motifs is 7. The first-order valence-electron chi connectivity index (χ1n) is 18.3. The summed E-state index contributed by atoms with van der Waals surface area (Å²) in [6, 6.07) is 71.3. The standard InChI is InChI=1S/C52H33N/c1-2-13-38-31-50-48(30-37(38)12-1)43-28-27-39(32-49(43)53-50)36-15-9-16-40(29-36)52-46-20-7-5-18-44(46)51(45-19-6-8-21-47(45)52)35-25-23-34(24-26-35)42-22-10-14-33-11-3-4-17-41(33)42/h1-32,53H. The van der Waals surface area contributed by atoms with Crippen LogP contribution in [0.3, 0.4) is 0 Å². The average molecular weight is 672 g/mol. The number of H-pyrrole nitrogens is 1. The SMILES string of the molecule is c1cc(-c2ccc3c(c2)[nH]c2cc4ccccc4cc23)cc(-c2c3ccccc3c(-c3ccc(-c4cccc5ccccc45)cc3)c3ccccc23)c1. The summed E-state index contributed by atoms with van der Waals surface area (Å²) in [7, 11) is 0. The predicted molar refractivity (Wildman–Crippen MR) is 228 cm³/mol. The first-order chi connectivity index (χ1) is 26.3. The van der Waals surface area contributed by atoms with Gasteiger partial charge < -0.3 is 4.98 Å². The summed E-state index contributed by atoms with van der Waals surface area (Å²) in [4.78, 5) is 3.72. The molecule has 0 saturated carbocycles. The lowest BCUT2D eigenvalue weighted by atomic mass is 9.85. The summed E-state index contributed by atoms with van der Waals surface area (Å²) in [6.07, 6.45) is 0. The van der Waals surface area contributed by atoms with Gasteiger partial charge in [0.2, 0.25) is 0 Å². The zero-order valence-electron chi connectivity index (χ0n) is 29.0. The summed E-state index contributed by atoms with van der Waals surface area (Å²) in [5.41, 5.74) is 12.2. The van der Waals surface area contributed by atoms with Crippen LogP contribution in [0.25, 0.3) is 109 Å². The van der Waals surface area contributed by atoms with E-state index >= 15 is 0 Å². The molecule has 1 heteroatoms. The van der Waals surface area contributed by atoms with Crippen LogP contribution < -0.4 is 0 Å². The van der Waals surface area contributed by atoms with E-state index in [9.17, 15) is 0 Å². The van der Waals surface area contributed by atoms with Crippen molar-refractivity contribution in [2.75, 3.05) is 0 Å². The van der Waals surface area contributed by atoms with E-state index in [4.69, 9.17) is 0 Å². The number of nitrogens with one attached hydrogen (secondary N) is 1. The van der Waals surface area contributed by atoms with E-state index in [1.54, 1.807) is 0 Å². The van der Waals surface area contributed by atoms with E-state index in [1.165, 1.54) is 104 Å². The fourth-order valence-electron chi connectivity index (χ4n) is 8.67. The summed E-state index contributed by atoms with van der Waals surface area (Å²) in [5.74, 6) is 0. The van der Waals surface area contributed by atoms with Crippen molar-refractivity contribution in [2.24, 2.45) is 0 Å². The number of hydrogen-bond donors (Lipinski definition) is 1. The normalized spacial score (nSPS) is 11.8. The highest BCUT2D eigenvalue weighted by atomic mass is 14.7. The number of rotatable bonds is 4. The molecule has 0 unspecified atom stereocenters. The molecule has 0 amide bonds. The van der Waals surface area contributed by atoms with Crippen LogP contribution in [0.1, 0.15) is 0 Å². The van der Waals surface area contributed by atoms with Crippen molar-refractivity contribution in [3.05, 3.63) is 194 Å². The van der Waals surface area contributed by atoms with E-state index in [0.29, 0.717) is 0 Å². The number of aromatic amines is 1. The van der Waals surface area contributed by atoms with Crippen LogP contribution >= 0.6 is 0 Å². The van der Waals surface area contributed by atoms with Gasteiger partial charge in [0.15, 0.2) is 0 Å². The summed E-state index contributed by atoms with van der Waals surface area (Å²) < 4.78 is 0. The van der Waals surface area contributed by atoms with Gasteiger partial charge in [0, 0.05) is 21.8 Å². The van der Waals surface area contributed by atoms with Crippen LogP contribution in [0.2, 0.25) is 0 Å². The molecule has 0 aliphatic carbocycles. The topological polar surface area (TPSA) is 15.8 Å². The highest BCUT2D eigenvalue weighted by molar-refractivity contribution is 6.21. The van der Waals surface area contributed by atoms with Gasteiger partial charge in [-0.05, 0) is 112 Å². The second kappa shape index (κ2) is 11.8. The molecule has 246 valence electrons. The molecule has 11 aromatic rings. The smallest absolute Gasteiger partial charge is 0.0471 e. The maximum atomic E-state index is 3.72. The first kappa shape index (κ1) is 29.7. The van der Waals surface area contributed by atoms with Crippen molar-refractivity contribution in [1.82, 2.24) is 4.98 Å². The predicted octanol–water partition coefficient (Wildman–Crippen LogP) is 14.6. The van der Waals surface area contributed by atoms with Gasteiger partial charge in [-0.3, -0.25) is 0 Å². The number of benzene rings is 10. The molecule has 1 aromatic heterocycles. The Morgan fingerprint density at radius 3 is 1.45 bits per heavy atom. The fraction of sp³-hybridized carbons (Fsp3) is 0. The second-order valence-corrected chi connectivity index (χ2v) is 14.2. The first-order valence-corrected chi connectivity index (χ1v) is 18.3. The van der Waals surface area contributed by atoms with E-state index in [2.05, 4.69) is 199 Å². The minimum absolute atomic E-state index is 1.16. The second-order valence-electron chi connectivity index (χ2n) is 14.2. The monoisotopic (exact) mass is 671 g/mol. The number of aromatic nitrogens is 1. The molecular weight excluding hydrogens is 639 g/mol. The molecule has 0 aliphatic rings. The third kappa shape index (κ3) is 4.79. The summed E-state index contributed by atoms with van der Waals surface area (Å²) in [5, 5.41) is 12.6. The molecule has 11 rings (SSSR count). The van der Waals surface area contributed by atoms with Gasteiger partial charge in [0.05, 0.1) is 0 Å². The lowest BCUT2D eigenvalue weighted by molar-refractivity contribution is 1.55. The molecule has 1 heterocycles. The lowest BCUT2D eigenvalue weighted by Gasteiger charge is -2.18. The molecule has 10 aromatic carbocycles. The van der Waals surface area contributed by atoms with Crippen LogP contribution in [-0.4, -0.2) is 4.98 Å². The molecule has 0 radical (unpaired) electrons. The van der Waals surface area contributed by atoms with Crippen LogP contribution in [0.5, 0.6) is 0 Å². The Balaban J connectivity index is 1.05. The van der Waals surface area contributed by atoms with Crippen LogP contribution in [-0.2, 0) is 0 Å². The third-order valence-electron chi connectivity index (χ3n) is 11.2. The minimum Gasteiger partial charge on any atom is -0.354 e. The van der Waals surface area contributed by atoms with Gasteiger partial charge in [-0.2, -0.15) is 0 Å². The van der Waals surface area contributed by atoms with Crippen molar-refractivity contribution in [3.8, 4) is 44.5 Å². The molecule has 0 saturated heterocycles. The minimum atomic E-state index is 1.16. The van der Waals surface area contributed by atoms with E-state index < -0.39 is 0 Å². The van der Waals surface area contributed by atoms with Gasteiger partial charge >= 0.3 is 0 Å². The van der Waals surface area contributed by atoms with Crippen molar-refractivity contribution in [2.45, 2.75) is 0 Å². The zero-order chi connectivity index (χ0) is 34.9. The third-order valence-corrected chi connectivity index (χ3v) is 11.2. The van der Waals surface area contributed by atoms with Crippen molar-refractivity contribution < 1.29 is 0 Å². The maximum Gasteiger partial charge on any atom is 0.0471 e. The van der Waals surface area contributed by atoms with Crippen LogP contribution in [0.15, 0.2) is 194 Å². The Bertz CT molecular complexity index is 3150. The summed E-state index contributed by atoms with van der Waals surface area (Å²) >= 11 is 0. The Morgan fingerprint density at radius 1 is 0.245 bits per heavy atom. The van der Waals surface area contributed by atoms with E-state index in [1.807, 2.05) is 0 Å². The summed E-state index contributed by atoms with van der Waals surface area (Å²) in [6.45, 7) is 0. The van der Waals surface area contributed by atoms with Crippen LogP contribution in [0, 0.1) is 0 Å². The Labute approximate surface area is 307 Å². The van der Waals surface area contributed by atoms with Crippen molar-refractivity contribution in [3.63, 3.8) is 0 Å². The highest BCUT2D eigenvalue weighted by Crippen LogP contribution is 2.45. The Morgan fingerprint density at radius 2 is 0.736 bits per heavy atom. The molecule has 0 aliphatic heterocycles. The molecule has 0 fully saturated rings.